The second-order valence-corrected chi connectivity index (χ2v) is 6.81. The average molecular weight is 332 g/mol. The molecule has 0 aliphatic rings. The van der Waals surface area contributed by atoms with Gasteiger partial charge in [0, 0.05) is 13.2 Å². The third-order valence-electron chi connectivity index (χ3n) is 3.62. The maximum Gasteiger partial charge on any atom is 0.261 e. The number of carbonyl (C=O) groups excluding carboxylic acids is 1. The van der Waals surface area contributed by atoms with E-state index in [9.17, 15) is 4.79 Å². The number of halogens is 1. The molecule has 2 heterocycles. The van der Waals surface area contributed by atoms with Crippen LogP contribution in [0.4, 0.5) is 5.95 Å². The number of carbonyl (C=O) groups is 1. The number of imidazole rings is 1. The Morgan fingerprint density at radius 1 is 1.30 bits per heavy atom. The van der Waals surface area contributed by atoms with Crippen molar-refractivity contribution >= 4 is 34.5 Å². The quantitative estimate of drug-likeness (QED) is 0.782. The number of hydrogen-bond acceptors (Lipinski definition) is 3. The summed E-state index contributed by atoms with van der Waals surface area (Å²) >= 11 is 6.15. The van der Waals surface area contributed by atoms with Crippen LogP contribution < -0.4 is 5.32 Å². The van der Waals surface area contributed by atoms with Crippen LogP contribution in [-0.2, 0) is 12.6 Å². The minimum Gasteiger partial charge on any atom is -0.313 e. The molecule has 0 saturated carbocycles. The molecule has 0 fully saturated rings. The van der Waals surface area contributed by atoms with Gasteiger partial charge in [0.25, 0.3) is 5.91 Å². The Labute approximate surface area is 139 Å². The van der Waals surface area contributed by atoms with Gasteiger partial charge in [-0.3, -0.25) is 14.8 Å². The van der Waals surface area contributed by atoms with E-state index in [1.807, 2.05) is 40.0 Å². The molecule has 3 aromatic rings. The second-order valence-electron chi connectivity index (χ2n) is 6.40. The van der Waals surface area contributed by atoms with E-state index in [-0.39, 0.29) is 11.4 Å². The third kappa shape index (κ3) is 2.82. The number of fused-ring (bicyclic) bond motifs is 1. The van der Waals surface area contributed by atoms with Gasteiger partial charge in [0.1, 0.15) is 5.52 Å². The molecule has 3 rings (SSSR count). The molecule has 23 heavy (non-hydrogen) atoms. The van der Waals surface area contributed by atoms with Crippen molar-refractivity contribution in [2.75, 3.05) is 5.32 Å². The summed E-state index contributed by atoms with van der Waals surface area (Å²) in [5.74, 6) is 0.191. The number of aryl methyl sites for hydroxylation is 1. The molecule has 0 spiro atoms. The van der Waals surface area contributed by atoms with E-state index in [2.05, 4.69) is 15.4 Å². The highest BCUT2D eigenvalue weighted by Gasteiger charge is 2.18. The molecule has 120 valence electrons. The number of aromatic nitrogens is 4. The van der Waals surface area contributed by atoms with Crippen molar-refractivity contribution in [3.63, 3.8) is 0 Å². The van der Waals surface area contributed by atoms with E-state index in [1.165, 1.54) is 0 Å². The summed E-state index contributed by atoms with van der Waals surface area (Å²) in [6.45, 7) is 6.07. The van der Waals surface area contributed by atoms with E-state index in [1.54, 1.807) is 27.7 Å². The molecule has 0 radical (unpaired) electrons. The molecule has 2 aromatic heterocycles. The summed E-state index contributed by atoms with van der Waals surface area (Å²) in [7, 11) is 1.83. The van der Waals surface area contributed by atoms with Crippen LogP contribution in [0.2, 0.25) is 5.02 Å². The first-order valence-corrected chi connectivity index (χ1v) is 7.62. The topological polar surface area (TPSA) is 64.7 Å². The largest absolute Gasteiger partial charge is 0.313 e. The Morgan fingerprint density at radius 2 is 2.04 bits per heavy atom. The molecule has 6 nitrogen and oxygen atoms in total. The summed E-state index contributed by atoms with van der Waals surface area (Å²) in [5, 5.41) is 7.60. The van der Waals surface area contributed by atoms with E-state index >= 15 is 0 Å². The van der Waals surface area contributed by atoms with Crippen LogP contribution in [0.3, 0.4) is 0 Å². The maximum absolute atomic E-state index is 12.4. The summed E-state index contributed by atoms with van der Waals surface area (Å²) in [6, 6.07) is 5.53. The van der Waals surface area contributed by atoms with Crippen molar-refractivity contribution in [1.82, 2.24) is 19.3 Å². The van der Waals surface area contributed by atoms with Crippen LogP contribution in [0.5, 0.6) is 0 Å². The monoisotopic (exact) mass is 331 g/mol. The van der Waals surface area contributed by atoms with Crippen molar-refractivity contribution in [2.45, 2.75) is 26.3 Å². The number of nitrogens with zero attached hydrogens (tertiary/aromatic N) is 4. The number of nitrogens with one attached hydrogen (secondary N) is 1. The zero-order valence-corrected chi connectivity index (χ0v) is 14.2. The number of para-hydroxylation sites is 1. The van der Waals surface area contributed by atoms with Gasteiger partial charge in [-0.2, -0.15) is 5.10 Å². The fraction of sp³-hybridized carbons (Fsp3) is 0.312. The van der Waals surface area contributed by atoms with E-state index in [0.29, 0.717) is 22.1 Å². The van der Waals surface area contributed by atoms with Crippen molar-refractivity contribution in [3.8, 4) is 0 Å². The lowest BCUT2D eigenvalue weighted by molar-refractivity contribution is 0.102. The highest BCUT2D eigenvalue weighted by atomic mass is 35.5. The Bertz CT molecular complexity index is 888. The first-order chi connectivity index (χ1) is 10.8. The predicted octanol–water partition coefficient (Wildman–Crippen LogP) is 3.43. The third-order valence-corrected chi connectivity index (χ3v) is 3.92. The fourth-order valence-corrected chi connectivity index (χ4v) is 2.48. The smallest absolute Gasteiger partial charge is 0.261 e. The maximum atomic E-state index is 12.4. The van der Waals surface area contributed by atoms with E-state index in [0.717, 1.165) is 5.52 Å². The van der Waals surface area contributed by atoms with Crippen LogP contribution >= 0.6 is 11.6 Å². The highest BCUT2D eigenvalue weighted by molar-refractivity contribution is 6.35. The summed E-state index contributed by atoms with van der Waals surface area (Å²) < 4.78 is 3.56. The molecule has 1 N–H and O–H groups in total. The lowest BCUT2D eigenvalue weighted by atomic mass is 10.1. The van der Waals surface area contributed by atoms with Gasteiger partial charge < -0.3 is 4.57 Å². The number of rotatable bonds is 2. The first-order valence-electron chi connectivity index (χ1n) is 7.25. The molecule has 0 atom stereocenters. The zero-order valence-electron chi connectivity index (χ0n) is 13.5. The SMILES string of the molecule is Cn1c(NC(=O)c2cnn(C(C)(C)C)c2)nc2c(Cl)cccc21. The van der Waals surface area contributed by atoms with Crippen molar-refractivity contribution in [2.24, 2.45) is 7.05 Å². The van der Waals surface area contributed by atoms with E-state index < -0.39 is 0 Å². The molecule has 0 aliphatic carbocycles. The highest BCUT2D eigenvalue weighted by Crippen LogP contribution is 2.25. The molecule has 7 heteroatoms. The molecule has 0 bridgehead atoms. The second kappa shape index (κ2) is 5.38. The Balaban J connectivity index is 1.90. The molecule has 0 saturated heterocycles. The molecule has 1 amide bonds. The van der Waals surface area contributed by atoms with Crippen LogP contribution in [-0.4, -0.2) is 25.2 Å². The minimum atomic E-state index is -0.255. The van der Waals surface area contributed by atoms with Crippen molar-refractivity contribution in [3.05, 3.63) is 41.2 Å². The standard InChI is InChI=1S/C16H18ClN5O/c1-16(2,3)22-9-10(8-18-22)14(23)20-15-19-13-11(17)6-5-7-12(13)21(15)4/h5-9H,1-4H3,(H,19,20,23). The zero-order chi connectivity index (χ0) is 16.8. The van der Waals surface area contributed by atoms with Gasteiger partial charge in [-0.15, -0.1) is 0 Å². The normalized spacial score (nSPS) is 11.9. The fourth-order valence-electron chi connectivity index (χ4n) is 2.27. The van der Waals surface area contributed by atoms with Gasteiger partial charge in [0.2, 0.25) is 5.95 Å². The molecule has 1 aromatic carbocycles. The van der Waals surface area contributed by atoms with Gasteiger partial charge in [-0.05, 0) is 32.9 Å². The van der Waals surface area contributed by atoms with Gasteiger partial charge >= 0.3 is 0 Å². The summed E-state index contributed by atoms with van der Waals surface area (Å²) in [5.41, 5.74) is 1.83. The molecular formula is C16H18ClN5O. The Hall–Kier alpha value is -2.34. The van der Waals surface area contributed by atoms with Crippen molar-refractivity contribution < 1.29 is 4.79 Å². The van der Waals surface area contributed by atoms with Gasteiger partial charge in [-0.1, -0.05) is 17.7 Å². The summed E-state index contributed by atoms with van der Waals surface area (Å²) in [6.07, 6.45) is 3.28. The van der Waals surface area contributed by atoms with Gasteiger partial charge in [0.15, 0.2) is 0 Å². The lowest BCUT2D eigenvalue weighted by Gasteiger charge is -2.18. The summed E-state index contributed by atoms with van der Waals surface area (Å²) in [4.78, 5) is 16.8. The molecule has 0 aliphatic heterocycles. The van der Waals surface area contributed by atoms with Crippen molar-refractivity contribution in [1.29, 1.82) is 0 Å². The number of benzene rings is 1. The van der Waals surface area contributed by atoms with Gasteiger partial charge in [0.05, 0.1) is 27.8 Å². The van der Waals surface area contributed by atoms with Crippen LogP contribution in [0, 0.1) is 0 Å². The number of hydrogen-bond donors (Lipinski definition) is 1. The lowest BCUT2D eigenvalue weighted by Crippen LogP contribution is -2.22. The van der Waals surface area contributed by atoms with Crippen LogP contribution in [0.1, 0.15) is 31.1 Å². The first kappa shape index (κ1) is 15.6. The van der Waals surface area contributed by atoms with Gasteiger partial charge in [-0.25, -0.2) is 4.98 Å². The Morgan fingerprint density at radius 3 is 2.65 bits per heavy atom. The van der Waals surface area contributed by atoms with Crippen LogP contribution in [0.25, 0.3) is 11.0 Å². The number of amides is 1. The Kier molecular flexibility index (Phi) is 3.64. The van der Waals surface area contributed by atoms with E-state index in [4.69, 9.17) is 11.6 Å². The number of anilines is 1. The minimum absolute atomic E-state index is 0.177. The average Bonchev–Trinajstić information content (AvgIpc) is 3.07. The molecular weight excluding hydrogens is 314 g/mol. The van der Waals surface area contributed by atoms with Crippen LogP contribution in [0.15, 0.2) is 30.6 Å². The predicted molar refractivity (Wildman–Crippen MR) is 90.9 cm³/mol. The molecule has 0 unspecified atom stereocenters.